The fourth-order valence-corrected chi connectivity index (χ4v) is 3.84. The molecule has 28 heavy (non-hydrogen) atoms. The Kier molecular flexibility index (Phi) is 7.26. The van der Waals surface area contributed by atoms with E-state index in [9.17, 15) is 0 Å². The summed E-state index contributed by atoms with van der Waals surface area (Å²) in [6.07, 6.45) is 8.83. The van der Waals surface area contributed by atoms with Crippen molar-refractivity contribution >= 4 is 0 Å². The largest absolute Gasteiger partial charge is 0.493 e. The fraction of sp³-hybridized carbons (Fsp3) is 0.565. The molecule has 0 bridgehead atoms. The number of nitrogens with zero attached hydrogens (tertiary/aromatic N) is 3. The van der Waals surface area contributed by atoms with Gasteiger partial charge in [0.25, 0.3) is 0 Å². The van der Waals surface area contributed by atoms with Crippen LogP contribution in [0.2, 0.25) is 0 Å². The Morgan fingerprint density at radius 3 is 2.29 bits per heavy atom. The van der Waals surface area contributed by atoms with Crippen molar-refractivity contribution in [2.75, 3.05) is 27.3 Å². The van der Waals surface area contributed by atoms with E-state index >= 15 is 0 Å². The summed E-state index contributed by atoms with van der Waals surface area (Å²) in [5, 5.41) is 0. The van der Waals surface area contributed by atoms with E-state index in [-0.39, 0.29) is 0 Å². The number of methoxy groups -OCH3 is 2. The van der Waals surface area contributed by atoms with Crippen LogP contribution in [0, 0.1) is 5.92 Å². The summed E-state index contributed by atoms with van der Waals surface area (Å²) in [5.74, 6) is 3.72. The van der Waals surface area contributed by atoms with Crippen LogP contribution in [-0.4, -0.2) is 42.2 Å². The Balaban J connectivity index is 1.44. The summed E-state index contributed by atoms with van der Waals surface area (Å²) in [5.41, 5.74) is 2.54. The molecule has 1 aromatic carbocycles. The third kappa shape index (κ3) is 5.44. The van der Waals surface area contributed by atoms with Gasteiger partial charge in [-0.25, -0.2) is 9.97 Å². The average molecular weight is 384 g/mol. The first kappa shape index (κ1) is 20.6. The molecule has 152 valence electrons. The van der Waals surface area contributed by atoms with Crippen LogP contribution in [-0.2, 0) is 13.0 Å². The number of rotatable bonds is 8. The van der Waals surface area contributed by atoms with Crippen LogP contribution in [0.25, 0.3) is 0 Å². The van der Waals surface area contributed by atoms with Crippen molar-refractivity contribution in [1.82, 2.24) is 14.9 Å². The van der Waals surface area contributed by atoms with Gasteiger partial charge in [0.2, 0.25) is 0 Å². The van der Waals surface area contributed by atoms with Crippen molar-refractivity contribution in [3.63, 3.8) is 0 Å². The third-order valence-corrected chi connectivity index (χ3v) is 5.64. The number of ether oxygens (including phenoxy) is 2. The lowest BCUT2D eigenvalue weighted by Gasteiger charge is -2.32. The van der Waals surface area contributed by atoms with Gasteiger partial charge in [0.05, 0.1) is 14.2 Å². The van der Waals surface area contributed by atoms with Gasteiger partial charge in [-0.1, -0.05) is 19.9 Å². The van der Waals surface area contributed by atoms with Crippen LogP contribution in [0.5, 0.6) is 11.5 Å². The molecule has 5 heteroatoms. The van der Waals surface area contributed by atoms with E-state index in [1.165, 1.54) is 30.4 Å². The molecule has 2 aromatic rings. The topological polar surface area (TPSA) is 47.5 Å². The molecule has 0 N–H and O–H groups in total. The normalized spacial score (nSPS) is 15.8. The Labute approximate surface area is 169 Å². The van der Waals surface area contributed by atoms with Gasteiger partial charge in [0, 0.05) is 30.4 Å². The molecule has 1 aromatic heterocycles. The maximum Gasteiger partial charge on any atom is 0.160 e. The van der Waals surface area contributed by atoms with E-state index in [1.807, 2.05) is 18.5 Å². The van der Waals surface area contributed by atoms with E-state index in [1.54, 1.807) is 14.2 Å². The molecule has 0 atom stereocenters. The lowest BCUT2D eigenvalue weighted by molar-refractivity contribution is 0.172. The molecule has 0 amide bonds. The monoisotopic (exact) mass is 383 g/mol. The minimum atomic E-state index is 0.385. The number of likely N-dealkylation sites (tertiary alicyclic amines) is 1. The molecule has 1 saturated heterocycles. The maximum atomic E-state index is 5.42. The fourth-order valence-electron chi connectivity index (χ4n) is 3.84. The van der Waals surface area contributed by atoms with Gasteiger partial charge in [-0.3, -0.25) is 4.90 Å². The van der Waals surface area contributed by atoms with Crippen LogP contribution < -0.4 is 9.47 Å². The smallest absolute Gasteiger partial charge is 0.160 e. The highest BCUT2D eigenvalue weighted by atomic mass is 16.5. The summed E-state index contributed by atoms with van der Waals surface area (Å²) in [6.45, 7) is 7.52. The Morgan fingerprint density at radius 1 is 1.00 bits per heavy atom. The molecule has 1 aliphatic heterocycles. The Hall–Kier alpha value is -2.14. The van der Waals surface area contributed by atoms with Gasteiger partial charge >= 0.3 is 0 Å². The zero-order valence-corrected chi connectivity index (χ0v) is 17.6. The predicted molar refractivity (Wildman–Crippen MR) is 112 cm³/mol. The highest BCUT2D eigenvalue weighted by Crippen LogP contribution is 2.29. The predicted octanol–water partition coefficient (Wildman–Crippen LogP) is 4.46. The molecule has 0 aliphatic carbocycles. The molecule has 0 spiro atoms. The minimum Gasteiger partial charge on any atom is -0.493 e. The molecule has 2 heterocycles. The van der Waals surface area contributed by atoms with Crippen molar-refractivity contribution in [2.45, 2.75) is 52.0 Å². The third-order valence-electron chi connectivity index (χ3n) is 5.64. The number of hydrogen-bond acceptors (Lipinski definition) is 5. The van der Waals surface area contributed by atoms with Crippen molar-refractivity contribution in [3.05, 3.63) is 47.5 Å². The van der Waals surface area contributed by atoms with Crippen LogP contribution >= 0.6 is 0 Å². The first-order chi connectivity index (χ1) is 13.6. The van der Waals surface area contributed by atoms with E-state index in [0.717, 1.165) is 49.3 Å². The summed E-state index contributed by atoms with van der Waals surface area (Å²) >= 11 is 0. The van der Waals surface area contributed by atoms with E-state index in [2.05, 4.69) is 40.8 Å². The molecule has 3 rings (SSSR count). The van der Waals surface area contributed by atoms with Gasteiger partial charge in [0.1, 0.15) is 5.82 Å². The van der Waals surface area contributed by atoms with Crippen LogP contribution in [0.3, 0.4) is 0 Å². The minimum absolute atomic E-state index is 0.385. The number of piperidine rings is 1. The first-order valence-electron chi connectivity index (χ1n) is 10.3. The second-order valence-corrected chi connectivity index (χ2v) is 8.05. The summed E-state index contributed by atoms with van der Waals surface area (Å²) in [6, 6.07) is 6.26. The van der Waals surface area contributed by atoms with Crippen molar-refractivity contribution in [3.8, 4) is 11.5 Å². The summed E-state index contributed by atoms with van der Waals surface area (Å²) in [7, 11) is 3.37. The van der Waals surface area contributed by atoms with Crippen LogP contribution in [0.15, 0.2) is 30.6 Å². The molecule has 0 saturated carbocycles. The Morgan fingerprint density at radius 2 is 1.68 bits per heavy atom. The molecule has 1 aliphatic rings. The molecular formula is C23H33N3O2. The zero-order valence-electron chi connectivity index (χ0n) is 17.6. The second kappa shape index (κ2) is 9.87. The Bertz CT molecular complexity index is 738. The van der Waals surface area contributed by atoms with E-state index in [4.69, 9.17) is 9.47 Å². The van der Waals surface area contributed by atoms with Crippen molar-refractivity contribution in [1.29, 1.82) is 0 Å². The highest BCUT2D eigenvalue weighted by molar-refractivity contribution is 5.42. The first-order valence-corrected chi connectivity index (χ1v) is 10.3. The van der Waals surface area contributed by atoms with E-state index in [0.29, 0.717) is 5.92 Å². The number of aryl methyl sites for hydroxylation is 1. The van der Waals surface area contributed by atoms with Gasteiger partial charge < -0.3 is 9.47 Å². The summed E-state index contributed by atoms with van der Waals surface area (Å²) in [4.78, 5) is 11.5. The van der Waals surface area contributed by atoms with Gasteiger partial charge in [-0.2, -0.15) is 0 Å². The molecule has 0 radical (unpaired) electrons. The quantitative estimate of drug-likeness (QED) is 0.673. The lowest BCUT2D eigenvalue weighted by Crippen LogP contribution is -2.33. The SMILES string of the molecule is COc1ccc(CCC2CCN(Cc3cnc(C(C)C)nc3)CC2)cc1OC. The number of aromatic nitrogens is 2. The second-order valence-electron chi connectivity index (χ2n) is 8.05. The number of benzene rings is 1. The van der Waals surface area contributed by atoms with E-state index < -0.39 is 0 Å². The summed E-state index contributed by atoms with van der Waals surface area (Å²) < 4.78 is 10.7. The average Bonchev–Trinajstić information content (AvgIpc) is 2.73. The molecule has 5 nitrogen and oxygen atoms in total. The zero-order chi connectivity index (χ0) is 19.9. The lowest BCUT2D eigenvalue weighted by atomic mass is 9.90. The molecule has 0 unspecified atom stereocenters. The maximum absolute atomic E-state index is 5.42. The molecule has 1 fully saturated rings. The highest BCUT2D eigenvalue weighted by Gasteiger charge is 2.19. The number of hydrogen-bond donors (Lipinski definition) is 0. The molecular weight excluding hydrogens is 350 g/mol. The standard InChI is InChI=1S/C23H33N3O2/c1-17(2)23-24-14-20(15-25-23)16-26-11-9-18(10-12-26)5-6-19-7-8-21(27-3)22(13-19)28-4/h7-8,13-15,17-18H,5-6,9-12,16H2,1-4H3. The van der Waals surface area contributed by atoms with Crippen molar-refractivity contribution in [2.24, 2.45) is 5.92 Å². The van der Waals surface area contributed by atoms with Crippen LogP contribution in [0.1, 0.15) is 56.0 Å². The van der Waals surface area contributed by atoms with Gasteiger partial charge in [0.15, 0.2) is 11.5 Å². The van der Waals surface area contributed by atoms with Crippen molar-refractivity contribution < 1.29 is 9.47 Å². The van der Waals surface area contributed by atoms with Gasteiger partial charge in [-0.15, -0.1) is 0 Å². The van der Waals surface area contributed by atoms with Crippen LogP contribution in [0.4, 0.5) is 0 Å². The van der Waals surface area contributed by atoms with Gasteiger partial charge in [-0.05, 0) is 62.4 Å².